The van der Waals surface area contributed by atoms with Crippen molar-refractivity contribution in [3.63, 3.8) is 0 Å². The maximum absolute atomic E-state index is 0. The molecule has 0 rings (SSSR count). The average Bonchev–Trinajstić information content (AvgIpc) is 0. The van der Waals surface area contributed by atoms with E-state index in [0.29, 0.717) is 0 Å². The Hall–Kier alpha value is 2.29. The van der Waals surface area contributed by atoms with Crippen molar-refractivity contribution in [1.29, 1.82) is 0 Å². The molecule has 0 N–H and O–H groups in total. The molecule has 0 nitrogen and oxygen atoms in total. The van der Waals surface area contributed by atoms with Gasteiger partial charge in [0.05, 0.1) is 0 Å². The van der Waals surface area contributed by atoms with Crippen LogP contribution in [-0.4, -0.2) is 28.3 Å². The Morgan fingerprint density at radius 3 is 1.00 bits per heavy atom. The summed E-state index contributed by atoms with van der Waals surface area (Å²) in [6, 6.07) is 0. The van der Waals surface area contributed by atoms with E-state index in [1.54, 1.807) is 0 Å². The first kappa shape index (κ1) is 54.9. The summed E-state index contributed by atoms with van der Waals surface area (Å²) in [5.41, 5.74) is 0. The normalized spacial score (nSPS) is 0. The SMILES string of the molecule is [AlH3].[Cr].[Fe].[Ni].[SiH4]. The predicted molar refractivity (Wildman–Crippen MR) is 21.3 cm³/mol. The zero-order valence-corrected chi connectivity index (χ0v) is 4.44. The van der Waals surface area contributed by atoms with E-state index in [2.05, 4.69) is 0 Å². The fourth-order valence-corrected chi connectivity index (χ4v) is 0. The van der Waals surface area contributed by atoms with Gasteiger partial charge in [-0.15, -0.1) is 0 Å². The van der Waals surface area contributed by atoms with E-state index in [0.717, 1.165) is 0 Å². The van der Waals surface area contributed by atoms with E-state index >= 15 is 0 Å². The standard InChI is InChI=1S/Al.Cr.Fe.Ni.H4Si.3H/h;;;;1H4;;;. The molecule has 0 amide bonds. The molecule has 5 heteroatoms. The molecule has 0 radical (unpaired) electrons. The molecule has 0 aliphatic carbocycles. The van der Waals surface area contributed by atoms with Gasteiger partial charge < -0.3 is 0 Å². The van der Waals surface area contributed by atoms with Gasteiger partial charge in [-0.05, 0) is 11.0 Å². The summed E-state index contributed by atoms with van der Waals surface area (Å²) >= 11 is 0. The van der Waals surface area contributed by atoms with Crippen molar-refractivity contribution in [3.05, 3.63) is 0 Å². The van der Waals surface area contributed by atoms with Crippen molar-refractivity contribution < 1.29 is 50.9 Å². The molecule has 0 aromatic rings. The van der Waals surface area contributed by atoms with Crippen LogP contribution in [-0.2, 0) is 50.9 Å². The maximum atomic E-state index is 0. The summed E-state index contributed by atoms with van der Waals surface area (Å²) in [5.74, 6) is 0. The summed E-state index contributed by atoms with van der Waals surface area (Å²) in [7, 11) is 0. The Kier molecular flexibility index (Phi) is 368. The number of hydrogen-bond acceptors (Lipinski definition) is 0. The summed E-state index contributed by atoms with van der Waals surface area (Å²) in [6.45, 7) is 0. The van der Waals surface area contributed by atoms with E-state index in [-0.39, 0.29) is 79.2 Å². The van der Waals surface area contributed by atoms with Crippen LogP contribution in [0.25, 0.3) is 0 Å². The Balaban J connectivity index is 0. The molecule has 5 heavy (non-hydrogen) atoms. The molecule has 0 atom stereocenters. The van der Waals surface area contributed by atoms with E-state index < -0.39 is 0 Å². The van der Waals surface area contributed by atoms with Crippen LogP contribution in [0.15, 0.2) is 0 Å². The summed E-state index contributed by atoms with van der Waals surface area (Å²) in [5, 5.41) is 0. The van der Waals surface area contributed by atoms with Crippen LogP contribution in [0.2, 0.25) is 0 Å². The molecule has 0 aromatic carbocycles. The van der Waals surface area contributed by atoms with Gasteiger partial charge in [-0.1, -0.05) is 0 Å². The summed E-state index contributed by atoms with van der Waals surface area (Å²) in [4.78, 5) is 0. The molecule has 0 saturated carbocycles. The van der Waals surface area contributed by atoms with Gasteiger partial charge in [0.25, 0.3) is 0 Å². The third-order valence-corrected chi connectivity index (χ3v) is 0. The second-order valence-electron chi connectivity index (χ2n) is 0. The fraction of sp³-hybridized carbons (Fsp3) is 0. The molecule has 0 saturated heterocycles. The van der Waals surface area contributed by atoms with Gasteiger partial charge >= 0.3 is 0 Å². The van der Waals surface area contributed by atoms with E-state index in [4.69, 9.17) is 0 Å². The largest absolute Gasteiger partial charge is 0.187 e. The van der Waals surface area contributed by atoms with E-state index in [9.17, 15) is 0 Å². The Labute approximate surface area is 78.5 Å². The van der Waals surface area contributed by atoms with Crippen LogP contribution >= 0.6 is 0 Å². The van der Waals surface area contributed by atoms with Crippen LogP contribution in [0.3, 0.4) is 0 Å². The molecule has 0 heterocycles. The number of hydrogen-bond donors (Lipinski definition) is 0. The average molecular weight is 229 g/mol. The Morgan fingerprint density at radius 1 is 1.00 bits per heavy atom. The minimum atomic E-state index is 0. The first-order valence-corrected chi connectivity index (χ1v) is 0. The van der Waals surface area contributed by atoms with E-state index in [1.807, 2.05) is 0 Å². The van der Waals surface area contributed by atoms with Gasteiger partial charge in [0.15, 0.2) is 17.4 Å². The first-order chi connectivity index (χ1) is 0. The van der Waals surface area contributed by atoms with Gasteiger partial charge in [0.2, 0.25) is 0 Å². The van der Waals surface area contributed by atoms with Gasteiger partial charge in [0.1, 0.15) is 0 Å². The van der Waals surface area contributed by atoms with Crippen molar-refractivity contribution >= 4 is 28.3 Å². The predicted octanol–water partition coefficient (Wildman–Crippen LogP) is -2.64. The molecule has 0 aliphatic rings. The third kappa shape index (κ3) is 22.0. The van der Waals surface area contributed by atoms with Gasteiger partial charge in [-0.25, -0.2) is 0 Å². The van der Waals surface area contributed by atoms with Crippen LogP contribution in [0.5, 0.6) is 0 Å². The first-order valence-electron chi connectivity index (χ1n) is 0. The molecule has 0 bridgehead atoms. The molecular formula is H7AlCrFeNiSi. The van der Waals surface area contributed by atoms with Crippen LogP contribution in [0, 0.1) is 0 Å². The van der Waals surface area contributed by atoms with Crippen LogP contribution < -0.4 is 0 Å². The Morgan fingerprint density at radius 2 is 1.00 bits per heavy atom. The molecule has 0 aromatic heterocycles. The quantitative estimate of drug-likeness (QED) is 0.398. The molecule has 0 spiro atoms. The maximum Gasteiger partial charge on any atom is 0.187 e. The van der Waals surface area contributed by atoms with Crippen molar-refractivity contribution in [2.75, 3.05) is 0 Å². The zero-order valence-electron chi connectivity index (χ0n) is 1.08. The van der Waals surface area contributed by atoms with Crippen molar-refractivity contribution in [1.82, 2.24) is 0 Å². The third-order valence-electron chi connectivity index (χ3n) is 0. The second-order valence-corrected chi connectivity index (χ2v) is 0. The van der Waals surface area contributed by atoms with Gasteiger partial charge in [-0.2, -0.15) is 0 Å². The van der Waals surface area contributed by atoms with Crippen LogP contribution in [0.1, 0.15) is 0 Å². The Bertz CT molecular complexity index is 11.6. The van der Waals surface area contributed by atoms with E-state index in [1.165, 1.54) is 0 Å². The minimum Gasteiger partial charge on any atom is -0.0149 e. The molecular weight excluding hydrogens is 222 g/mol. The zero-order chi connectivity index (χ0) is 0. The fourth-order valence-electron chi connectivity index (χ4n) is 0. The molecule has 38 valence electrons. The van der Waals surface area contributed by atoms with Crippen molar-refractivity contribution in [3.8, 4) is 0 Å². The smallest absolute Gasteiger partial charge is 0.0149 e. The molecule has 0 fully saturated rings. The monoisotopic (exact) mass is 228 g/mol. The van der Waals surface area contributed by atoms with Crippen molar-refractivity contribution in [2.45, 2.75) is 0 Å². The summed E-state index contributed by atoms with van der Waals surface area (Å²) in [6.07, 6.45) is 0. The molecule has 0 unspecified atom stereocenters. The van der Waals surface area contributed by atoms with Gasteiger partial charge in [0, 0.05) is 50.9 Å². The minimum absolute atomic E-state index is 0. The topological polar surface area (TPSA) is 0 Å². The van der Waals surface area contributed by atoms with Gasteiger partial charge in [-0.3, -0.25) is 0 Å². The second kappa shape index (κ2) is 33.5. The number of rotatable bonds is 0. The molecule has 0 aliphatic heterocycles. The van der Waals surface area contributed by atoms with Crippen LogP contribution in [0.4, 0.5) is 0 Å². The van der Waals surface area contributed by atoms with Crippen molar-refractivity contribution in [2.24, 2.45) is 0 Å². The summed E-state index contributed by atoms with van der Waals surface area (Å²) < 4.78 is 0.